The summed E-state index contributed by atoms with van der Waals surface area (Å²) in [7, 11) is 0. The van der Waals surface area contributed by atoms with Gasteiger partial charge in [-0.1, -0.05) is 30.3 Å². The molecule has 4 nitrogen and oxygen atoms in total. The Morgan fingerprint density at radius 1 is 1.00 bits per heavy atom. The van der Waals surface area contributed by atoms with Gasteiger partial charge in [-0.2, -0.15) is 0 Å². The molecular weight excluding hydrogens is 360 g/mol. The van der Waals surface area contributed by atoms with Crippen LogP contribution in [-0.4, -0.2) is 36.2 Å². The molecule has 2 aromatic rings. The lowest BCUT2D eigenvalue weighted by Gasteiger charge is -2.31. The van der Waals surface area contributed by atoms with Crippen molar-refractivity contribution in [3.05, 3.63) is 65.2 Å². The van der Waals surface area contributed by atoms with E-state index in [4.69, 9.17) is 0 Å². The molecule has 0 aromatic heterocycles. The highest BCUT2D eigenvalue weighted by Gasteiger charge is 2.23. The van der Waals surface area contributed by atoms with Gasteiger partial charge in [0.2, 0.25) is 5.91 Å². The van der Waals surface area contributed by atoms with E-state index >= 15 is 0 Å². The molecule has 0 bridgehead atoms. The summed E-state index contributed by atoms with van der Waals surface area (Å²) in [6, 6.07) is 16.8. The molecule has 0 spiro atoms. The van der Waals surface area contributed by atoms with E-state index in [-0.39, 0.29) is 11.7 Å². The van der Waals surface area contributed by atoms with Crippen molar-refractivity contribution in [2.75, 3.05) is 24.5 Å². The number of benzene rings is 2. The first-order valence-corrected chi connectivity index (χ1v) is 10.8. The summed E-state index contributed by atoms with van der Waals surface area (Å²) in [5.74, 6) is 0.979. The Morgan fingerprint density at radius 2 is 1.76 bits per heavy atom. The zero-order chi connectivity index (χ0) is 20.2. The number of likely N-dealkylation sites (tertiary alicyclic amines) is 1. The lowest BCUT2D eigenvalue weighted by Crippen LogP contribution is -2.37. The van der Waals surface area contributed by atoms with Crippen molar-refractivity contribution in [1.82, 2.24) is 4.90 Å². The molecule has 2 heterocycles. The topological polar surface area (TPSA) is 40.6 Å². The van der Waals surface area contributed by atoms with Crippen LogP contribution in [0.15, 0.2) is 48.5 Å². The summed E-state index contributed by atoms with van der Waals surface area (Å²) in [5, 5.41) is 0. The average molecular weight is 391 g/mol. The minimum absolute atomic E-state index is 0.166. The van der Waals surface area contributed by atoms with E-state index in [1.165, 1.54) is 16.8 Å². The molecule has 2 aliphatic heterocycles. The molecule has 0 saturated carbocycles. The number of anilines is 1. The van der Waals surface area contributed by atoms with Crippen LogP contribution < -0.4 is 4.90 Å². The second-order valence-electron chi connectivity index (χ2n) is 8.41. The summed E-state index contributed by atoms with van der Waals surface area (Å²) in [6.07, 6.45) is 4.59. The van der Waals surface area contributed by atoms with E-state index in [0.29, 0.717) is 12.3 Å². The third kappa shape index (κ3) is 4.69. The zero-order valence-corrected chi connectivity index (χ0v) is 17.3. The van der Waals surface area contributed by atoms with Gasteiger partial charge in [-0.3, -0.25) is 9.59 Å². The number of amides is 1. The predicted octanol–water partition coefficient (Wildman–Crippen LogP) is 4.47. The van der Waals surface area contributed by atoms with Crippen LogP contribution in [0.3, 0.4) is 0 Å². The second kappa shape index (κ2) is 8.81. The Bertz CT molecular complexity index is 870. The summed E-state index contributed by atoms with van der Waals surface area (Å²) in [4.78, 5) is 28.5. The normalized spacial score (nSPS) is 16.7. The molecular formula is C25H30N2O2. The Kier molecular flexibility index (Phi) is 5.98. The van der Waals surface area contributed by atoms with Gasteiger partial charge in [-0.25, -0.2) is 0 Å². The number of ketones is 1. The number of fused-ring (bicyclic) bond motifs is 1. The fraction of sp³-hybridized carbons (Fsp3) is 0.440. The van der Waals surface area contributed by atoms with E-state index in [2.05, 4.69) is 41.3 Å². The Labute approximate surface area is 173 Å². The van der Waals surface area contributed by atoms with Crippen molar-refractivity contribution >= 4 is 17.4 Å². The minimum Gasteiger partial charge on any atom is -0.367 e. The van der Waals surface area contributed by atoms with Crippen molar-refractivity contribution in [2.45, 2.75) is 45.6 Å². The molecule has 0 atom stereocenters. The van der Waals surface area contributed by atoms with Crippen molar-refractivity contribution in [3.8, 4) is 0 Å². The molecule has 0 radical (unpaired) electrons. The summed E-state index contributed by atoms with van der Waals surface area (Å²) in [5.41, 5.74) is 4.73. The highest BCUT2D eigenvalue weighted by atomic mass is 16.2. The quantitative estimate of drug-likeness (QED) is 0.683. The molecule has 1 saturated heterocycles. The van der Waals surface area contributed by atoms with Crippen molar-refractivity contribution in [2.24, 2.45) is 5.92 Å². The number of carbonyl (C=O) groups is 2. The van der Waals surface area contributed by atoms with E-state index < -0.39 is 0 Å². The number of hydrogen-bond donors (Lipinski definition) is 0. The van der Waals surface area contributed by atoms with E-state index in [0.717, 1.165) is 57.4 Å². The van der Waals surface area contributed by atoms with Crippen LogP contribution in [0.2, 0.25) is 0 Å². The average Bonchev–Trinajstić information content (AvgIpc) is 3.15. The van der Waals surface area contributed by atoms with Gasteiger partial charge in [0, 0.05) is 50.8 Å². The summed E-state index contributed by atoms with van der Waals surface area (Å²) in [6.45, 7) is 5.24. The van der Waals surface area contributed by atoms with Gasteiger partial charge in [0.05, 0.1) is 0 Å². The monoisotopic (exact) mass is 390 g/mol. The van der Waals surface area contributed by atoms with Gasteiger partial charge in [-0.15, -0.1) is 0 Å². The summed E-state index contributed by atoms with van der Waals surface area (Å²) < 4.78 is 0. The Balaban J connectivity index is 1.32. The first-order valence-electron chi connectivity index (χ1n) is 10.8. The van der Waals surface area contributed by atoms with Crippen LogP contribution in [0.25, 0.3) is 0 Å². The molecule has 29 heavy (non-hydrogen) atoms. The van der Waals surface area contributed by atoms with Gasteiger partial charge in [-0.05, 0) is 60.9 Å². The molecule has 0 aliphatic carbocycles. The fourth-order valence-corrected chi connectivity index (χ4v) is 4.63. The van der Waals surface area contributed by atoms with Crippen LogP contribution in [0.5, 0.6) is 0 Å². The van der Waals surface area contributed by atoms with E-state index in [9.17, 15) is 9.59 Å². The lowest BCUT2D eigenvalue weighted by molar-refractivity contribution is -0.130. The highest BCUT2D eigenvalue weighted by Crippen LogP contribution is 2.31. The van der Waals surface area contributed by atoms with Crippen molar-refractivity contribution in [3.63, 3.8) is 0 Å². The van der Waals surface area contributed by atoms with Crippen molar-refractivity contribution < 1.29 is 9.59 Å². The molecule has 4 heteroatoms. The fourth-order valence-electron chi connectivity index (χ4n) is 4.63. The largest absolute Gasteiger partial charge is 0.367 e. The Hall–Kier alpha value is -2.62. The number of Topliss-reactive ketones (excluding diaryl/α,β-unsaturated/α-hetero) is 1. The maximum Gasteiger partial charge on any atom is 0.219 e. The molecule has 4 rings (SSSR count). The predicted molar refractivity (Wildman–Crippen MR) is 116 cm³/mol. The van der Waals surface area contributed by atoms with Crippen molar-refractivity contribution in [1.29, 1.82) is 0 Å². The number of rotatable bonds is 6. The minimum atomic E-state index is 0.166. The van der Waals surface area contributed by atoms with Crippen LogP contribution in [0.4, 0.5) is 5.69 Å². The van der Waals surface area contributed by atoms with Gasteiger partial charge < -0.3 is 9.80 Å². The smallest absolute Gasteiger partial charge is 0.219 e. The SMILES string of the molecule is CC(=O)N1CCC(CCC(=O)c2ccc3c(c2)CCN3Cc2ccccc2)CC1. The molecule has 0 N–H and O–H groups in total. The number of nitrogens with zero attached hydrogens (tertiary/aromatic N) is 2. The molecule has 1 fully saturated rings. The highest BCUT2D eigenvalue weighted by molar-refractivity contribution is 5.96. The van der Waals surface area contributed by atoms with Gasteiger partial charge >= 0.3 is 0 Å². The van der Waals surface area contributed by atoms with Crippen LogP contribution >= 0.6 is 0 Å². The first-order chi connectivity index (χ1) is 14.1. The van der Waals surface area contributed by atoms with Gasteiger partial charge in [0.25, 0.3) is 0 Å². The second-order valence-corrected chi connectivity index (χ2v) is 8.41. The van der Waals surface area contributed by atoms with Gasteiger partial charge in [0.1, 0.15) is 0 Å². The van der Waals surface area contributed by atoms with Crippen LogP contribution in [0, 0.1) is 5.92 Å². The molecule has 152 valence electrons. The number of piperidine rings is 1. The van der Waals surface area contributed by atoms with Gasteiger partial charge in [0.15, 0.2) is 5.78 Å². The van der Waals surface area contributed by atoms with Crippen LogP contribution in [-0.2, 0) is 17.8 Å². The lowest BCUT2D eigenvalue weighted by atomic mass is 9.90. The molecule has 1 amide bonds. The first kappa shape index (κ1) is 19.7. The standard InChI is InChI=1S/C25H30N2O2/c1-19(28)26-14-11-20(12-15-26)7-10-25(29)23-8-9-24-22(17-23)13-16-27(24)18-21-5-3-2-4-6-21/h2-6,8-9,17,20H,7,10-16,18H2,1H3. The molecule has 2 aliphatic rings. The van der Waals surface area contributed by atoms with E-state index in [1.54, 1.807) is 6.92 Å². The summed E-state index contributed by atoms with van der Waals surface area (Å²) >= 11 is 0. The molecule has 0 unspecified atom stereocenters. The number of carbonyl (C=O) groups excluding carboxylic acids is 2. The maximum absolute atomic E-state index is 12.8. The third-order valence-electron chi connectivity index (χ3n) is 6.45. The Morgan fingerprint density at radius 3 is 2.48 bits per heavy atom. The van der Waals surface area contributed by atoms with Crippen LogP contribution in [0.1, 0.15) is 54.1 Å². The third-order valence-corrected chi connectivity index (χ3v) is 6.45. The maximum atomic E-state index is 12.8. The number of hydrogen-bond acceptors (Lipinski definition) is 3. The zero-order valence-electron chi connectivity index (χ0n) is 17.3. The molecule has 2 aromatic carbocycles. The van der Waals surface area contributed by atoms with E-state index in [1.807, 2.05) is 17.0 Å².